The number of unbranched alkanes of at least 4 members (excludes halogenated alkanes) is 31. The van der Waals surface area contributed by atoms with Crippen molar-refractivity contribution in [1.29, 1.82) is 0 Å². The molecule has 0 rings (SSSR count). The SMILES string of the molecule is [C]#CCCCCCCCCCCCCCCCCCCCCCCCCCCCCCCCC[CH2]. The Balaban J connectivity index is 3.00. The van der Waals surface area contributed by atoms with E-state index in [-0.39, 0.29) is 0 Å². The van der Waals surface area contributed by atoms with Crippen LogP contribution < -0.4 is 0 Å². The second-order valence-corrected chi connectivity index (χ2v) is 11.4. The van der Waals surface area contributed by atoms with Gasteiger partial charge < -0.3 is 0 Å². The highest BCUT2D eigenvalue weighted by Gasteiger charge is 1.97. The number of hydrogen-bond donors (Lipinski definition) is 0. The molecule has 35 heavy (non-hydrogen) atoms. The van der Waals surface area contributed by atoms with Gasteiger partial charge in [0.2, 0.25) is 0 Å². The summed E-state index contributed by atoms with van der Waals surface area (Å²) in [6, 6.07) is 0. The first-order chi connectivity index (χ1) is 17.4. The Kier molecular flexibility index (Phi) is 33.1. The lowest BCUT2D eigenvalue weighted by molar-refractivity contribution is 0.513. The summed E-state index contributed by atoms with van der Waals surface area (Å²) in [5.74, 6) is 2.49. The van der Waals surface area contributed by atoms with Gasteiger partial charge in [0.25, 0.3) is 0 Å². The summed E-state index contributed by atoms with van der Waals surface area (Å²) in [4.78, 5) is 0. The van der Waals surface area contributed by atoms with Crippen LogP contribution in [0.3, 0.4) is 0 Å². The fourth-order valence-corrected chi connectivity index (χ4v) is 5.34. The van der Waals surface area contributed by atoms with Gasteiger partial charge in [-0.05, 0) is 12.8 Å². The predicted octanol–water partition coefficient (Wildman–Crippen LogP) is 12.9. The van der Waals surface area contributed by atoms with Gasteiger partial charge in [-0.2, -0.15) is 0 Å². The molecule has 0 saturated carbocycles. The molecule has 0 nitrogen and oxygen atoms in total. The highest BCUT2D eigenvalue weighted by molar-refractivity contribution is 4.74. The molecule has 0 amide bonds. The van der Waals surface area contributed by atoms with E-state index in [4.69, 9.17) is 6.42 Å². The van der Waals surface area contributed by atoms with Crippen molar-refractivity contribution in [1.82, 2.24) is 0 Å². The van der Waals surface area contributed by atoms with Crippen LogP contribution in [0.1, 0.15) is 205 Å². The van der Waals surface area contributed by atoms with E-state index in [0.717, 1.165) is 12.8 Å². The van der Waals surface area contributed by atoms with Crippen molar-refractivity contribution in [3.63, 3.8) is 0 Å². The van der Waals surface area contributed by atoms with Crippen LogP contribution in [0.2, 0.25) is 0 Å². The van der Waals surface area contributed by atoms with E-state index in [1.165, 1.54) is 193 Å². The molecular weight excluding hydrogens is 420 g/mol. The third-order valence-electron chi connectivity index (χ3n) is 7.80. The highest BCUT2D eigenvalue weighted by atomic mass is 14.0. The fraction of sp³-hybridized carbons (Fsp3) is 0.914. The van der Waals surface area contributed by atoms with Crippen LogP contribution in [0.5, 0.6) is 0 Å². The molecular formula is C35H66. The van der Waals surface area contributed by atoms with Crippen molar-refractivity contribution in [3.05, 3.63) is 13.3 Å². The van der Waals surface area contributed by atoms with E-state index in [1.54, 1.807) is 0 Å². The molecule has 0 spiro atoms. The smallest absolute Gasteiger partial charge is 0.00989 e. The Labute approximate surface area is 224 Å². The van der Waals surface area contributed by atoms with Crippen LogP contribution in [-0.4, -0.2) is 0 Å². The summed E-state index contributed by atoms with van der Waals surface area (Å²) in [5, 5.41) is 0. The molecule has 0 fully saturated rings. The Bertz CT molecular complexity index is 389. The van der Waals surface area contributed by atoms with Crippen LogP contribution in [0.15, 0.2) is 0 Å². The molecule has 0 aliphatic heterocycles. The van der Waals surface area contributed by atoms with Crippen LogP contribution in [-0.2, 0) is 0 Å². The molecule has 0 unspecified atom stereocenters. The average molecular weight is 487 g/mol. The molecule has 0 atom stereocenters. The first kappa shape index (κ1) is 34.6. The zero-order chi connectivity index (χ0) is 25.3. The monoisotopic (exact) mass is 487 g/mol. The first-order valence-corrected chi connectivity index (χ1v) is 16.6. The summed E-state index contributed by atoms with van der Waals surface area (Å²) in [6.07, 6.45) is 52.1. The lowest BCUT2D eigenvalue weighted by Gasteiger charge is -2.04. The third kappa shape index (κ3) is 33.6. The molecule has 0 N–H and O–H groups in total. The van der Waals surface area contributed by atoms with Crippen molar-refractivity contribution in [2.24, 2.45) is 0 Å². The Morgan fingerprint density at radius 1 is 0.286 bits per heavy atom. The minimum absolute atomic E-state index is 0.860. The van der Waals surface area contributed by atoms with E-state index in [1.807, 2.05) is 0 Å². The molecule has 0 aromatic rings. The molecule has 0 heterocycles. The Morgan fingerprint density at radius 3 is 0.629 bits per heavy atom. The minimum Gasteiger partial charge on any atom is -0.0891 e. The lowest BCUT2D eigenvalue weighted by Crippen LogP contribution is -1.85. The van der Waals surface area contributed by atoms with Gasteiger partial charge >= 0.3 is 0 Å². The van der Waals surface area contributed by atoms with Gasteiger partial charge in [-0.15, -0.1) is 0 Å². The summed E-state index contributed by atoms with van der Waals surface area (Å²) < 4.78 is 0. The van der Waals surface area contributed by atoms with Gasteiger partial charge in [0.05, 0.1) is 0 Å². The van der Waals surface area contributed by atoms with Crippen LogP contribution in [0, 0.1) is 19.3 Å². The first-order valence-electron chi connectivity index (χ1n) is 16.6. The minimum atomic E-state index is 0.860. The Hall–Kier alpha value is -0.440. The van der Waals surface area contributed by atoms with Gasteiger partial charge in [0.15, 0.2) is 0 Å². The lowest BCUT2D eigenvalue weighted by atomic mass is 10.0. The van der Waals surface area contributed by atoms with Crippen molar-refractivity contribution in [2.75, 3.05) is 0 Å². The average Bonchev–Trinajstić information content (AvgIpc) is 2.87. The quantitative estimate of drug-likeness (QED) is 0.0675. The highest BCUT2D eigenvalue weighted by Crippen LogP contribution is 2.16. The second-order valence-electron chi connectivity index (χ2n) is 11.4. The molecule has 0 aliphatic rings. The van der Waals surface area contributed by atoms with Crippen LogP contribution >= 0.6 is 0 Å². The largest absolute Gasteiger partial charge is 0.0891 e. The molecule has 0 heteroatoms. The number of hydrogen-bond acceptors (Lipinski definition) is 0. The van der Waals surface area contributed by atoms with E-state index in [2.05, 4.69) is 12.8 Å². The maximum absolute atomic E-state index is 6.91. The maximum atomic E-state index is 6.91. The van der Waals surface area contributed by atoms with Crippen molar-refractivity contribution < 1.29 is 0 Å². The zero-order valence-corrected chi connectivity index (χ0v) is 24.3. The predicted molar refractivity (Wildman–Crippen MR) is 160 cm³/mol. The zero-order valence-electron chi connectivity index (χ0n) is 24.3. The fourth-order valence-electron chi connectivity index (χ4n) is 5.34. The number of rotatable bonds is 31. The van der Waals surface area contributed by atoms with Gasteiger partial charge in [-0.3, -0.25) is 0 Å². The summed E-state index contributed by atoms with van der Waals surface area (Å²) in [6.45, 7) is 3.92. The van der Waals surface area contributed by atoms with Gasteiger partial charge in [0.1, 0.15) is 0 Å². The van der Waals surface area contributed by atoms with Crippen LogP contribution in [0.4, 0.5) is 0 Å². The standard InChI is InChI=1S/C35H66/c1-3-5-7-9-11-13-15-17-19-21-23-25-27-29-31-33-35-34-32-30-28-26-24-22-20-18-16-14-12-10-8-6-4-2/h1,3,5-35H2. The second kappa shape index (κ2) is 33.6. The molecule has 2 radical (unpaired) electrons. The molecule has 0 saturated heterocycles. The molecule has 0 bridgehead atoms. The van der Waals surface area contributed by atoms with Gasteiger partial charge in [-0.1, -0.05) is 205 Å². The van der Waals surface area contributed by atoms with Crippen molar-refractivity contribution in [3.8, 4) is 5.92 Å². The van der Waals surface area contributed by atoms with Crippen LogP contribution in [0.25, 0.3) is 0 Å². The summed E-state index contributed by atoms with van der Waals surface area (Å²) in [5.41, 5.74) is 0. The van der Waals surface area contributed by atoms with E-state index in [9.17, 15) is 0 Å². The topological polar surface area (TPSA) is 0 Å². The third-order valence-corrected chi connectivity index (χ3v) is 7.80. The van der Waals surface area contributed by atoms with E-state index >= 15 is 0 Å². The van der Waals surface area contributed by atoms with E-state index < -0.39 is 0 Å². The molecule has 0 aromatic heterocycles. The molecule has 0 aliphatic carbocycles. The van der Waals surface area contributed by atoms with E-state index in [0.29, 0.717) is 0 Å². The molecule has 0 aromatic carbocycles. The summed E-state index contributed by atoms with van der Waals surface area (Å²) in [7, 11) is 0. The van der Waals surface area contributed by atoms with Gasteiger partial charge in [-0.25, -0.2) is 0 Å². The van der Waals surface area contributed by atoms with Crippen molar-refractivity contribution in [2.45, 2.75) is 205 Å². The summed E-state index contributed by atoms with van der Waals surface area (Å²) >= 11 is 0. The normalized spacial score (nSPS) is 11.2. The van der Waals surface area contributed by atoms with Crippen molar-refractivity contribution >= 4 is 0 Å². The van der Waals surface area contributed by atoms with Gasteiger partial charge in [0, 0.05) is 6.42 Å². The molecule has 206 valence electrons. The maximum Gasteiger partial charge on any atom is 0.00989 e. The Morgan fingerprint density at radius 2 is 0.457 bits per heavy atom.